The zero-order chi connectivity index (χ0) is 17.6. The van der Waals surface area contributed by atoms with Gasteiger partial charge in [-0.2, -0.15) is 0 Å². The fourth-order valence-electron chi connectivity index (χ4n) is 3.91. The van der Waals surface area contributed by atoms with E-state index in [0.29, 0.717) is 18.9 Å². The number of nitrogens with zero attached hydrogens (tertiary/aromatic N) is 1. The number of carbonyl (C=O) groups is 2. The second kappa shape index (κ2) is 8.48. The van der Waals surface area contributed by atoms with Crippen LogP contribution in [0.3, 0.4) is 0 Å². The Morgan fingerprint density at radius 3 is 3.00 bits per heavy atom. The molecule has 2 amide bonds. The molecule has 0 radical (unpaired) electrons. The first-order chi connectivity index (χ1) is 12.2. The Balaban J connectivity index is 1.60. The van der Waals surface area contributed by atoms with E-state index >= 15 is 0 Å². The average molecular weight is 343 g/mol. The highest BCUT2D eigenvalue weighted by molar-refractivity contribution is 5.84. The van der Waals surface area contributed by atoms with E-state index in [9.17, 15) is 9.59 Å². The van der Waals surface area contributed by atoms with Gasteiger partial charge in [-0.3, -0.25) is 9.59 Å². The minimum Gasteiger partial charge on any atom is -0.356 e. The fraction of sp³-hybridized carbons (Fsp3) is 0.600. The van der Waals surface area contributed by atoms with Crippen molar-refractivity contribution in [2.75, 3.05) is 26.2 Å². The third kappa shape index (κ3) is 4.40. The standard InChI is InChI=1S/C20H29N3O2/c1-2-6-18(24)22-13-15-7-5-12-23(14-15)20(25)19-17-9-4-3-8-16(17)10-11-21-19/h3-4,8-9,15,19,21H,2,5-7,10-14H2,1H3,(H,22,24). The SMILES string of the molecule is CCCC(=O)NCC1CCCN(C(=O)C2NCCc3ccccc32)C1. The largest absolute Gasteiger partial charge is 0.356 e. The molecule has 0 spiro atoms. The summed E-state index contributed by atoms with van der Waals surface area (Å²) in [7, 11) is 0. The van der Waals surface area contributed by atoms with Gasteiger partial charge in [-0.15, -0.1) is 0 Å². The number of likely N-dealkylation sites (tertiary alicyclic amines) is 1. The number of piperidine rings is 1. The number of carbonyl (C=O) groups excluding carboxylic acids is 2. The molecule has 0 aliphatic carbocycles. The van der Waals surface area contributed by atoms with Crippen LogP contribution in [0, 0.1) is 5.92 Å². The summed E-state index contributed by atoms with van der Waals surface area (Å²) in [5.41, 5.74) is 2.40. The van der Waals surface area contributed by atoms with Crippen LogP contribution in [-0.4, -0.2) is 42.9 Å². The van der Waals surface area contributed by atoms with Crippen molar-refractivity contribution in [2.24, 2.45) is 5.92 Å². The maximum Gasteiger partial charge on any atom is 0.244 e. The second-order valence-corrected chi connectivity index (χ2v) is 7.18. The minimum atomic E-state index is -0.224. The van der Waals surface area contributed by atoms with Gasteiger partial charge in [0.25, 0.3) is 0 Å². The third-order valence-electron chi connectivity index (χ3n) is 5.25. The van der Waals surface area contributed by atoms with Crippen molar-refractivity contribution in [3.63, 3.8) is 0 Å². The molecular weight excluding hydrogens is 314 g/mol. The summed E-state index contributed by atoms with van der Waals surface area (Å²) in [4.78, 5) is 26.7. The molecule has 2 N–H and O–H groups in total. The van der Waals surface area contributed by atoms with Crippen molar-refractivity contribution in [2.45, 2.75) is 45.1 Å². The Morgan fingerprint density at radius 2 is 2.16 bits per heavy atom. The van der Waals surface area contributed by atoms with Crippen LogP contribution >= 0.6 is 0 Å². The highest BCUT2D eigenvalue weighted by atomic mass is 16.2. The van der Waals surface area contributed by atoms with Crippen LogP contribution in [0.25, 0.3) is 0 Å². The highest BCUT2D eigenvalue weighted by Crippen LogP contribution is 2.26. The van der Waals surface area contributed by atoms with Crippen molar-refractivity contribution in [1.82, 2.24) is 15.5 Å². The smallest absolute Gasteiger partial charge is 0.244 e. The van der Waals surface area contributed by atoms with Crippen LogP contribution in [-0.2, 0) is 16.0 Å². The van der Waals surface area contributed by atoms with E-state index in [1.165, 1.54) is 5.56 Å². The Bertz CT molecular complexity index is 617. The number of hydrogen-bond acceptors (Lipinski definition) is 3. The lowest BCUT2D eigenvalue weighted by Crippen LogP contribution is -2.49. The minimum absolute atomic E-state index is 0.119. The maximum atomic E-state index is 13.1. The van der Waals surface area contributed by atoms with Gasteiger partial charge in [0, 0.05) is 32.6 Å². The van der Waals surface area contributed by atoms with Crippen LogP contribution in [0.2, 0.25) is 0 Å². The van der Waals surface area contributed by atoms with Crippen LogP contribution in [0.15, 0.2) is 24.3 Å². The molecule has 136 valence electrons. The molecule has 3 rings (SSSR count). The molecule has 1 saturated heterocycles. The Labute approximate surface area is 150 Å². The number of fused-ring (bicyclic) bond motifs is 1. The summed E-state index contributed by atoms with van der Waals surface area (Å²) >= 11 is 0. The molecule has 1 aromatic carbocycles. The lowest BCUT2D eigenvalue weighted by atomic mass is 9.92. The van der Waals surface area contributed by atoms with Gasteiger partial charge in [-0.1, -0.05) is 31.2 Å². The second-order valence-electron chi connectivity index (χ2n) is 7.18. The number of rotatable bonds is 5. The molecule has 2 heterocycles. The molecule has 2 unspecified atom stereocenters. The van der Waals surface area contributed by atoms with Gasteiger partial charge in [0.05, 0.1) is 0 Å². The van der Waals surface area contributed by atoms with E-state index in [0.717, 1.165) is 50.9 Å². The normalized spacial score (nSPS) is 23.0. The predicted molar refractivity (Wildman–Crippen MR) is 98.1 cm³/mol. The predicted octanol–water partition coefficient (Wildman–Crippen LogP) is 2.03. The highest BCUT2D eigenvalue weighted by Gasteiger charge is 2.32. The third-order valence-corrected chi connectivity index (χ3v) is 5.25. The summed E-state index contributed by atoms with van der Waals surface area (Å²) in [5.74, 6) is 0.655. The van der Waals surface area contributed by atoms with Crippen molar-refractivity contribution < 1.29 is 9.59 Å². The number of benzene rings is 1. The van der Waals surface area contributed by atoms with Gasteiger partial charge < -0.3 is 15.5 Å². The van der Waals surface area contributed by atoms with Gasteiger partial charge in [0.15, 0.2) is 0 Å². The van der Waals surface area contributed by atoms with Crippen molar-refractivity contribution in [3.8, 4) is 0 Å². The maximum absolute atomic E-state index is 13.1. The summed E-state index contributed by atoms with van der Waals surface area (Å²) in [6.45, 7) is 5.09. The van der Waals surface area contributed by atoms with Crippen LogP contribution in [0.4, 0.5) is 0 Å². The molecule has 25 heavy (non-hydrogen) atoms. The monoisotopic (exact) mass is 343 g/mol. The van der Waals surface area contributed by atoms with Gasteiger partial charge >= 0.3 is 0 Å². The quantitative estimate of drug-likeness (QED) is 0.860. The van der Waals surface area contributed by atoms with Crippen molar-refractivity contribution in [1.29, 1.82) is 0 Å². The zero-order valence-corrected chi connectivity index (χ0v) is 15.1. The van der Waals surface area contributed by atoms with Crippen molar-refractivity contribution >= 4 is 11.8 Å². The van der Waals surface area contributed by atoms with Gasteiger partial charge in [-0.05, 0) is 42.7 Å². The van der Waals surface area contributed by atoms with Crippen LogP contribution in [0.5, 0.6) is 0 Å². The average Bonchev–Trinajstić information content (AvgIpc) is 2.66. The first-order valence-corrected chi connectivity index (χ1v) is 9.55. The molecule has 2 aliphatic rings. The van der Waals surface area contributed by atoms with E-state index in [1.54, 1.807) is 0 Å². The Morgan fingerprint density at radius 1 is 1.32 bits per heavy atom. The van der Waals surface area contributed by atoms with E-state index in [1.807, 2.05) is 24.0 Å². The van der Waals surface area contributed by atoms with E-state index < -0.39 is 0 Å². The van der Waals surface area contributed by atoms with E-state index in [4.69, 9.17) is 0 Å². The molecule has 2 atom stereocenters. The topological polar surface area (TPSA) is 61.4 Å². The molecule has 1 fully saturated rings. The van der Waals surface area contributed by atoms with Gasteiger partial charge in [0.2, 0.25) is 11.8 Å². The first kappa shape index (κ1) is 17.9. The molecule has 0 aromatic heterocycles. The number of nitrogens with one attached hydrogen (secondary N) is 2. The molecule has 5 heteroatoms. The summed E-state index contributed by atoms with van der Waals surface area (Å²) in [6.07, 6.45) is 4.51. The van der Waals surface area contributed by atoms with Gasteiger partial charge in [0.1, 0.15) is 6.04 Å². The lowest BCUT2D eigenvalue weighted by Gasteiger charge is -2.36. The van der Waals surface area contributed by atoms with E-state index in [-0.39, 0.29) is 17.9 Å². The summed E-state index contributed by atoms with van der Waals surface area (Å²) in [6, 6.07) is 8.02. The fourth-order valence-corrected chi connectivity index (χ4v) is 3.91. The molecule has 1 aromatic rings. The number of amides is 2. The van der Waals surface area contributed by atoms with Crippen LogP contribution in [0.1, 0.15) is 49.8 Å². The summed E-state index contributed by atoms with van der Waals surface area (Å²) < 4.78 is 0. The van der Waals surface area contributed by atoms with E-state index in [2.05, 4.69) is 22.8 Å². The summed E-state index contributed by atoms with van der Waals surface area (Å²) in [5, 5.41) is 6.41. The molecule has 2 aliphatic heterocycles. The van der Waals surface area contributed by atoms with Crippen molar-refractivity contribution in [3.05, 3.63) is 35.4 Å². The molecule has 5 nitrogen and oxygen atoms in total. The zero-order valence-electron chi connectivity index (χ0n) is 15.1. The molecular formula is C20H29N3O2. The first-order valence-electron chi connectivity index (χ1n) is 9.55. The Hall–Kier alpha value is -1.88. The molecule has 0 bridgehead atoms. The van der Waals surface area contributed by atoms with Gasteiger partial charge in [-0.25, -0.2) is 0 Å². The molecule has 0 saturated carbocycles. The Kier molecular flexibility index (Phi) is 6.08. The number of hydrogen-bond donors (Lipinski definition) is 2. The van der Waals surface area contributed by atoms with Crippen LogP contribution < -0.4 is 10.6 Å². The lowest BCUT2D eigenvalue weighted by molar-refractivity contribution is -0.135.